The molecular formula is C24H37N3O4. The van der Waals surface area contributed by atoms with Gasteiger partial charge < -0.3 is 14.4 Å². The lowest BCUT2D eigenvalue weighted by Crippen LogP contribution is -2.45. The van der Waals surface area contributed by atoms with Crippen molar-refractivity contribution in [2.75, 3.05) is 31.1 Å². The van der Waals surface area contributed by atoms with E-state index in [1.54, 1.807) is 30.2 Å². The first-order valence-electron chi connectivity index (χ1n) is 10.9. The zero-order valence-corrected chi connectivity index (χ0v) is 20.0. The number of pyridine rings is 1. The Morgan fingerprint density at radius 3 is 2.48 bits per heavy atom. The van der Waals surface area contributed by atoms with Crippen molar-refractivity contribution in [3.05, 3.63) is 30.0 Å². The average Bonchev–Trinajstić information content (AvgIpc) is 3.06. The van der Waals surface area contributed by atoms with Crippen LogP contribution in [0.2, 0.25) is 0 Å². The first kappa shape index (κ1) is 24.9. The first-order chi connectivity index (χ1) is 14.4. The molecule has 2 heterocycles. The second-order valence-corrected chi connectivity index (χ2v) is 10.1. The molecule has 0 aliphatic carbocycles. The molecule has 1 amide bonds. The molecule has 1 aromatic rings. The number of ether oxygens (including phenoxy) is 2. The van der Waals surface area contributed by atoms with Gasteiger partial charge in [0.15, 0.2) is 0 Å². The standard InChI is InChI=1S/C24H37N3O4/c1-8-30-21(28)12-10-18-9-11-20(25-15-18)27(22(29)31-24(5,6)7)19-13-14-26(16-19)17-23(2,3)4/h9-12,15,19H,8,13-14,16-17H2,1-7H3/b12-10+/t19-/m1/s1. The van der Waals surface area contributed by atoms with Crippen LogP contribution in [0.4, 0.5) is 10.6 Å². The van der Waals surface area contributed by atoms with Crippen molar-refractivity contribution in [2.24, 2.45) is 5.41 Å². The van der Waals surface area contributed by atoms with Crippen molar-refractivity contribution < 1.29 is 19.1 Å². The third-order valence-corrected chi connectivity index (χ3v) is 4.62. The van der Waals surface area contributed by atoms with Gasteiger partial charge in [0, 0.05) is 31.9 Å². The Morgan fingerprint density at radius 2 is 1.94 bits per heavy atom. The van der Waals surface area contributed by atoms with Gasteiger partial charge in [0.05, 0.1) is 12.6 Å². The minimum Gasteiger partial charge on any atom is -0.463 e. The van der Waals surface area contributed by atoms with Crippen LogP contribution in [0.1, 0.15) is 60.5 Å². The number of hydrogen-bond acceptors (Lipinski definition) is 6. The van der Waals surface area contributed by atoms with E-state index in [4.69, 9.17) is 9.47 Å². The average molecular weight is 432 g/mol. The smallest absolute Gasteiger partial charge is 0.416 e. The third-order valence-electron chi connectivity index (χ3n) is 4.62. The minimum absolute atomic E-state index is 0.00868. The molecule has 1 saturated heterocycles. The number of carbonyl (C=O) groups excluding carboxylic acids is 2. The van der Waals surface area contributed by atoms with Crippen molar-refractivity contribution in [1.82, 2.24) is 9.88 Å². The highest BCUT2D eigenvalue weighted by Crippen LogP contribution is 2.27. The van der Waals surface area contributed by atoms with Crippen molar-refractivity contribution >= 4 is 24.0 Å². The Balaban J connectivity index is 2.21. The lowest BCUT2D eigenvalue weighted by atomic mass is 9.96. The summed E-state index contributed by atoms with van der Waals surface area (Å²) in [5, 5.41) is 0. The summed E-state index contributed by atoms with van der Waals surface area (Å²) in [6.45, 7) is 17.0. The quantitative estimate of drug-likeness (QED) is 0.487. The van der Waals surface area contributed by atoms with Crippen LogP contribution in [-0.2, 0) is 14.3 Å². The Kier molecular flexibility index (Phi) is 8.23. The van der Waals surface area contributed by atoms with Crippen LogP contribution < -0.4 is 4.90 Å². The van der Waals surface area contributed by atoms with Crippen LogP contribution in [0, 0.1) is 5.41 Å². The summed E-state index contributed by atoms with van der Waals surface area (Å²) >= 11 is 0. The van der Waals surface area contributed by atoms with Gasteiger partial charge in [0.25, 0.3) is 0 Å². The summed E-state index contributed by atoms with van der Waals surface area (Å²) in [4.78, 5) is 33.2. The van der Waals surface area contributed by atoms with E-state index in [0.717, 1.165) is 31.6 Å². The topological polar surface area (TPSA) is 72.0 Å². The summed E-state index contributed by atoms with van der Waals surface area (Å²) in [5.74, 6) is 0.150. The summed E-state index contributed by atoms with van der Waals surface area (Å²) in [7, 11) is 0. The number of amides is 1. The van der Waals surface area contributed by atoms with Crippen LogP contribution in [0.5, 0.6) is 0 Å². The molecule has 1 atom stereocenters. The zero-order chi connectivity index (χ0) is 23.2. The van der Waals surface area contributed by atoms with E-state index in [2.05, 4.69) is 30.7 Å². The summed E-state index contributed by atoms with van der Waals surface area (Å²) in [6.07, 6.45) is 5.13. The maximum atomic E-state index is 13.1. The molecule has 2 rings (SSSR count). The maximum Gasteiger partial charge on any atom is 0.416 e. The number of carbonyl (C=O) groups is 2. The molecule has 0 bridgehead atoms. The van der Waals surface area contributed by atoms with Crippen LogP contribution in [-0.4, -0.2) is 59.8 Å². The molecule has 0 saturated carbocycles. The molecule has 172 valence electrons. The normalized spacial score (nSPS) is 17.7. The Hall–Kier alpha value is -2.41. The second kappa shape index (κ2) is 10.3. The molecule has 7 nitrogen and oxygen atoms in total. The van der Waals surface area contributed by atoms with Gasteiger partial charge in [-0.1, -0.05) is 20.8 Å². The number of nitrogens with zero attached hydrogens (tertiary/aromatic N) is 3. The SMILES string of the molecule is CCOC(=O)/C=C/c1ccc(N(C(=O)OC(C)(C)C)[C@@H]2CCN(CC(C)(C)C)C2)nc1. The third kappa shape index (κ3) is 8.32. The van der Waals surface area contributed by atoms with Crippen LogP contribution in [0.15, 0.2) is 24.4 Å². The van der Waals surface area contributed by atoms with E-state index >= 15 is 0 Å². The highest BCUT2D eigenvalue weighted by atomic mass is 16.6. The minimum atomic E-state index is -0.596. The highest BCUT2D eigenvalue weighted by molar-refractivity contribution is 5.88. The van der Waals surface area contributed by atoms with Gasteiger partial charge in [0.2, 0.25) is 0 Å². The predicted octanol–water partition coefficient (Wildman–Crippen LogP) is 4.52. The monoisotopic (exact) mass is 431 g/mol. The van der Waals surface area contributed by atoms with E-state index in [1.165, 1.54) is 6.08 Å². The lowest BCUT2D eigenvalue weighted by molar-refractivity contribution is -0.137. The summed E-state index contributed by atoms with van der Waals surface area (Å²) in [6, 6.07) is 3.61. The molecule has 0 unspecified atom stereocenters. The van der Waals surface area contributed by atoms with Gasteiger partial charge in [-0.2, -0.15) is 0 Å². The fourth-order valence-electron chi connectivity index (χ4n) is 3.57. The molecule has 0 spiro atoms. The molecule has 7 heteroatoms. The van der Waals surface area contributed by atoms with Crippen molar-refractivity contribution in [2.45, 2.75) is 66.5 Å². The number of anilines is 1. The number of esters is 1. The van der Waals surface area contributed by atoms with Gasteiger partial charge in [0.1, 0.15) is 11.4 Å². The predicted molar refractivity (Wildman–Crippen MR) is 123 cm³/mol. The van der Waals surface area contributed by atoms with E-state index < -0.39 is 17.7 Å². The number of aromatic nitrogens is 1. The Morgan fingerprint density at radius 1 is 1.23 bits per heavy atom. The van der Waals surface area contributed by atoms with Crippen molar-refractivity contribution in [3.63, 3.8) is 0 Å². The van der Waals surface area contributed by atoms with Gasteiger partial charge in [-0.05, 0) is 63.3 Å². The van der Waals surface area contributed by atoms with E-state index in [9.17, 15) is 9.59 Å². The van der Waals surface area contributed by atoms with Gasteiger partial charge >= 0.3 is 12.1 Å². The summed E-state index contributed by atoms with van der Waals surface area (Å²) in [5.41, 5.74) is 0.347. The molecule has 31 heavy (non-hydrogen) atoms. The van der Waals surface area contributed by atoms with E-state index in [1.807, 2.05) is 26.8 Å². The molecule has 0 aromatic carbocycles. The van der Waals surface area contributed by atoms with Crippen molar-refractivity contribution in [1.29, 1.82) is 0 Å². The molecule has 1 aromatic heterocycles. The van der Waals surface area contributed by atoms with E-state index in [-0.39, 0.29) is 11.5 Å². The molecular weight excluding hydrogens is 394 g/mol. The number of likely N-dealkylation sites (tertiary alicyclic amines) is 1. The fraction of sp³-hybridized carbons (Fsp3) is 0.625. The van der Waals surface area contributed by atoms with Crippen LogP contribution in [0.3, 0.4) is 0 Å². The summed E-state index contributed by atoms with van der Waals surface area (Å²) < 4.78 is 10.6. The molecule has 0 N–H and O–H groups in total. The Bertz CT molecular complexity index is 775. The zero-order valence-electron chi connectivity index (χ0n) is 20.0. The Labute approximate surface area is 186 Å². The van der Waals surface area contributed by atoms with Gasteiger partial charge in [-0.25, -0.2) is 14.6 Å². The van der Waals surface area contributed by atoms with Crippen LogP contribution in [0.25, 0.3) is 6.08 Å². The first-order valence-corrected chi connectivity index (χ1v) is 10.9. The number of rotatable bonds is 6. The largest absolute Gasteiger partial charge is 0.463 e. The number of hydrogen-bond donors (Lipinski definition) is 0. The van der Waals surface area contributed by atoms with E-state index in [0.29, 0.717) is 12.4 Å². The van der Waals surface area contributed by atoms with Gasteiger partial charge in [-0.3, -0.25) is 4.90 Å². The highest BCUT2D eigenvalue weighted by Gasteiger charge is 2.36. The lowest BCUT2D eigenvalue weighted by Gasteiger charge is -2.31. The fourth-order valence-corrected chi connectivity index (χ4v) is 3.57. The molecule has 1 aliphatic rings. The molecule has 1 aliphatic heterocycles. The molecule has 0 radical (unpaired) electrons. The maximum absolute atomic E-state index is 13.1. The van der Waals surface area contributed by atoms with Crippen LogP contribution >= 0.6 is 0 Å². The van der Waals surface area contributed by atoms with Gasteiger partial charge in [-0.15, -0.1) is 0 Å². The molecule has 1 fully saturated rings. The second-order valence-electron chi connectivity index (χ2n) is 10.1. The van der Waals surface area contributed by atoms with Crippen molar-refractivity contribution in [3.8, 4) is 0 Å².